The number of carbonyl (C=O) groups is 1. The van der Waals surface area contributed by atoms with E-state index in [1.54, 1.807) is 0 Å². The van der Waals surface area contributed by atoms with E-state index < -0.39 is 22.0 Å². The SMILES string of the molecule is CS(=O)(=O)n1cncc1C[C@H](N)C(=O)O. The molecule has 3 N–H and O–H groups in total. The standard InChI is InChI=1S/C7H11N3O4S/c1-15(13,14)10-4-9-3-5(10)2-6(8)7(11)12/h3-4,6H,2,8H2,1H3,(H,11,12)/t6-/m0/s1. The first-order chi connectivity index (χ1) is 6.82. The number of imidazole rings is 1. The first kappa shape index (κ1) is 11.7. The molecular weight excluding hydrogens is 222 g/mol. The lowest BCUT2D eigenvalue weighted by molar-refractivity contribution is -0.138. The van der Waals surface area contributed by atoms with Gasteiger partial charge < -0.3 is 10.8 Å². The zero-order chi connectivity index (χ0) is 11.6. The lowest BCUT2D eigenvalue weighted by Crippen LogP contribution is -2.33. The Morgan fingerprint density at radius 3 is 2.80 bits per heavy atom. The van der Waals surface area contributed by atoms with E-state index in [2.05, 4.69) is 4.98 Å². The van der Waals surface area contributed by atoms with Gasteiger partial charge in [0, 0.05) is 12.6 Å². The maximum absolute atomic E-state index is 11.2. The molecule has 0 aliphatic carbocycles. The quantitative estimate of drug-likeness (QED) is 0.664. The maximum Gasteiger partial charge on any atom is 0.320 e. The number of carboxylic acids is 1. The number of rotatable bonds is 4. The van der Waals surface area contributed by atoms with Crippen molar-refractivity contribution in [3.8, 4) is 0 Å². The monoisotopic (exact) mass is 233 g/mol. The lowest BCUT2D eigenvalue weighted by Gasteiger charge is -2.08. The Balaban J connectivity index is 2.98. The Morgan fingerprint density at radius 2 is 2.33 bits per heavy atom. The molecule has 0 saturated carbocycles. The molecular formula is C7H11N3O4S. The number of aliphatic carboxylic acids is 1. The molecule has 0 saturated heterocycles. The third-order valence-corrected chi connectivity index (χ3v) is 2.83. The molecule has 1 atom stereocenters. The van der Waals surface area contributed by atoms with Gasteiger partial charge in [-0.1, -0.05) is 0 Å². The van der Waals surface area contributed by atoms with Crippen LogP contribution in [0.2, 0.25) is 0 Å². The largest absolute Gasteiger partial charge is 0.480 e. The summed E-state index contributed by atoms with van der Waals surface area (Å²) in [6.45, 7) is 0. The molecule has 15 heavy (non-hydrogen) atoms. The van der Waals surface area contributed by atoms with Crippen molar-refractivity contribution in [1.29, 1.82) is 0 Å². The summed E-state index contributed by atoms with van der Waals surface area (Å²) in [5, 5.41) is 8.57. The minimum absolute atomic E-state index is 0.0809. The Morgan fingerprint density at radius 1 is 1.73 bits per heavy atom. The van der Waals surface area contributed by atoms with Crippen LogP contribution >= 0.6 is 0 Å². The Kier molecular flexibility index (Phi) is 3.10. The van der Waals surface area contributed by atoms with Crippen LogP contribution in [0.3, 0.4) is 0 Å². The summed E-state index contributed by atoms with van der Waals surface area (Å²) < 4.78 is 23.3. The molecule has 0 spiro atoms. The average Bonchev–Trinajstić information content (AvgIpc) is 2.50. The molecule has 0 bridgehead atoms. The van der Waals surface area contributed by atoms with Gasteiger partial charge in [0.25, 0.3) is 0 Å². The third-order valence-electron chi connectivity index (χ3n) is 1.78. The van der Waals surface area contributed by atoms with Gasteiger partial charge in [-0.3, -0.25) is 4.79 Å². The van der Waals surface area contributed by atoms with Crippen LogP contribution in [-0.4, -0.2) is 40.7 Å². The van der Waals surface area contributed by atoms with Crippen molar-refractivity contribution in [1.82, 2.24) is 8.96 Å². The molecule has 0 radical (unpaired) electrons. The van der Waals surface area contributed by atoms with Crippen LogP contribution < -0.4 is 5.73 Å². The zero-order valence-electron chi connectivity index (χ0n) is 7.99. The van der Waals surface area contributed by atoms with Gasteiger partial charge in [-0.15, -0.1) is 0 Å². The topological polar surface area (TPSA) is 115 Å². The Bertz CT molecular complexity index is 464. The van der Waals surface area contributed by atoms with Crippen LogP contribution in [0.15, 0.2) is 12.5 Å². The fourth-order valence-electron chi connectivity index (χ4n) is 1.06. The molecule has 1 heterocycles. The first-order valence-electron chi connectivity index (χ1n) is 4.02. The van der Waals surface area contributed by atoms with E-state index >= 15 is 0 Å². The van der Waals surface area contributed by atoms with Gasteiger partial charge in [0.2, 0.25) is 10.0 Å². The number of hydrogen-bond acceptors (Lipinski definition) is 5. The third kappa shape index (κ3) is 2.77. The van der Waals surface area contributed by atoms with Crippen LogP contribution in [0.5, 0.6) is 0 Å². The summed E-state index contributed by atoms with van der Waals surface area (Å²) in [4.78, 5) is 14.1. The van der Waals surface area contributed by atoms with Gasteiger partial charge in [0.1, 0.15) is 12.4 Å². The van der Waals surface area contributed by atoms with E-state index in [9.17, 15) is 13.2 Å². The second kappa shape index (κ2) is 3.99. The number of nitrogens with two attached hydrogens (primary N) is 1. The van der Waals surface area contributed by atoms with Crippen LogP contribution in [0.25, 0.3) is 0 Å². The molecule has 0 fully saturated rings. The predicted molar refractivity (Wildman–Crippen MR) is 51.8 cm³/mol. The summed E-state index contributed by atoms with van der Waals surface area (Å²) in [6, 6.07) is -1.14. The van der Waals surface area contributed by atoms with Crippen molar-refractivity contribution in [2.75, 3.05) is 6.26 Å². The van der Waals surface area contributed by atoms with Gasteiger partial charge in [0.15, 0.2) is 0 Å². The van der Waals surface area contributed by atoms with Gasteiger partial charge >= 0.3 is 5.97 Å². The number of hydrogen-bond donors (Lipinski definition) is 2. The second-order valence-electron chi connectivity index (χ2n) is 3.09. The fourth-order valence-corrected chi connectivity index (χ4v) is 1.84. The van der Waals surface area contributed by atoms with Crippen molar-refractivity contribution in [2.45, 2.75) is 12.5 Å². The summed E-state index contributed by atoms with van der Waals surface area (Å²) >= 11 is 0. The molecule has 0 aliphatic rings. The van der Waals surface area contributed by atoms with Crippen LogP contribution in [-0.2, 0) is 21.2 Å². The number of nitrogens with zero attached hydrogens (tertiary/aromatic N) is 2. The van der Waals surface area contributed by atoms with Crippen molar-refractivity contribution in [2.24, 2.45) is 5.73 Å². The van der Waals surface area contributed by atoms with E-state index in [1.165, 1.54) is 6.20 Å². The molecule has 84 valence electrons. The highest BCUT2D eigenvalue weighted by atomic mass is 32.2. The van der Waals surface area contributed by atoms with Crippen LogP contribution in [0.1, 0.15) is 5.69 Å². The van der Waals surface area contributed by atoms with Gasteiger partial charge in [-0.25, -0.2) is 17.4 Å². The number of aromatic nitrogens is 2. The van der Waals surface area contributed by atoms with E-state index in [4.69, 9.17) is 10.8 Å². The first-order valence-corrected chi connectivity index (χ1v) is 5.87. The summed E-state index contributed by atoms with van der Waals surface area (Å²) in [5.41, 5.74) is 5.54. The molecule has 8 heteroatoms. The normalized spacial score (nSPS) is 13.7. The van der Waals surface area contributed by atoms with Crippen molar-refractivity contribution in [3.63, 3.8) is 0 Å². The molecule has 0 amide bonds. The minimum atomic E-state index is -3.46. The van der Waals surface area contributed by atoms with E-state index in [0.29, 0.717) is 0 Å². The van der Waals surface area contributed by atoms with E-state index in [1.807, 2.05) is 0 Å². The second-order valence-corrected chi connectivity index (χ2v) is 4.95. The van der Waals surface area contributed by atoms with Crippen molar-refractivity contribution in [3.05, 3.63) is 18.2 Å². The molecule has 1 rings (SSSR count). The molecule has 0 unspecified atom stereocenters. The van der Waals surface area contributed by atoms with Crippen LogP contribution in [0.4, 0.5) is 0 Å². The average molecular weight is 233 g/mol. The van der Waals surface area contributed by atoms with Gasteiger partial charge in [0.05, 0.1) is 11.9 Å². The highest BCUT2D eigenvalue weighted by Crippen LogP contribution is 2.05. The predicted octanol–water partition coefficient (Wildman–Crippen LogP) is -1.35. The smallest absolute Gasteiger partial charge is 0.320 e. The Labute approximate surface area is 86.6 Å². The highest BCUT2D eigenvalue weighted by molar-refractivity contribution is 7.89. The molecule has 0 aliphatic heterocycles. The molecule has 0 aromatic carbocycles. The maximum atomic E-state index is 11.2. The van der Waals surface area contributed by atoms with E-state index in [0.717, 1.165) is 16.6 Å². The van der Waals surface area contributed by atoms with E-state index in [-0.39, 0.29) is 12.1 Å². The number of carboxylic acid groups (broad SMARTS) is 1. The van der Waals surface area contributed by atoms with Gasteiger partial charge in [-0.05, 0) is 0 Å². The molecule has 1 aromatic rings. The summed E-state index contributed by atoms with van der Waals surface area (Å²) in [5.74, 6) is -1.18. The zero-order valence-corrected chi connectivity index (χ0v) is 8.81. The Hall–Kier alpha value is -1.41. The summed E-state index contributed by atoms with van der Waals surface area (Å²) in [7, 11) is -3.46. The molecule has 1 aromatic heterocycles. The van der Waals surface area contributed by atoms with Crippen LogP contribution in [0, 0.1) is 0 Å². The van der Waals surface area contributed by atoms with Gasteiger partial charge in [-0.2, -0.15) is 0 Å². The minimum Gasteiger partial charge on any atom is -0.480 e. The summed E-state index contributed by atoms with van der Waals surface area (Å²) in [6.07, 6.45) is 3.32. The van der Waals surface area contributed by atoms with Crippen molar-refractivity contribution < 1.29 is 18.3 Å². The van der Waals surface area contributed by atoms with Crippen molar-refractivity contribution >= 4 is 16.0 Å². The highest BCUT2D eigenvalue weighted by Gasteiger charge is 2.17. The molecule has 7 nitrogen and oxygen atoms in total. The lowest BCUT2D eigenvalue weighted by atomic mass is 10.2. The fraction of sp³-hybridized carbons (Fsp3) is 0.429.